The van der Waals surface area contributed by atoms with E-state index in [9.17, 15) is 0 Å². The van der Waals surface area contributed by atoms with Gasteiger partial charge in [0.25, 0.3) is 0 Å². The van der Waals surface area contributed by atoms with E-state index >= 15 is 0 Å². The number of hydrogen-bond acceptors (Lipinski definition) is 1. The van der Waals surface area contributed by atoms with Gasteiger partial charge in [0.2, 0.25) is 0 Å². The zero-order valence-corrected chi connectivity index (χ0v) is 13.3. The highest BCUT2D eigenvalue weighted by molar-refractivity contribution is 6.33. The molecule has 2 heteroatoms. The van der Waals surface area contributed by atoms with Gasteiger partial charge in [0.1, 0.15) is 0 Å². The van der Waals surface area contributed by atoms with Crippen LogP contribution in [0.4, 0.5) is 5.69 Å². The molecule has 2 rings (SSSR count). The smallest absolute Gasteiger partial charge is 0.0640 e. The highest BCUT2D eigenvalue weighted by atomic mass is 35.5. The van der Waals surface area contributed by atoms with Crippen LogP contribution >= 0.6 is 11.6 Å². The maximum absolute atomic E-state index is 6.35. The summed E-state index contributed by atoms with van der Waals surface area (Å²) < 4.78 is 0. The molecule has 0 saturated heterocycles. The number of hydrogen-bond donors (Lipinski definition) is 1. The summed E-state index contributed by atoms with van der Waals surface area (Å²) in [6.45, 7) is 9.12. The fraction of sp³-hybridized carbons (Fsp3) is 0.647. The van der Waals surface area contributed by atoms with Crippen LogP contribution in [0.3, 0.4) is 0 Å². The van der Waals surface area contributed by atoms with Crippen LogP contribution in [0, 0.1) is 24.7 Å². The van der Waals surface area contributed by atoms with Gasteiger partial charge in [-0.05, 0) is 55.2 Å². The Morgan fingerprint density at radius 1 is 1.26 bits per heavy atom. The van der Waals surface area contributed by atoms with Crippen molar-refractivity contribution in [1.29, 1.82) is 0 Å². The first-order valence-corrected chi connectivity index (χ1v) is 7.88. The van der Waals surface area contributed by atoms with Gasteiger partial charge in [0.05, 0.1) is 10.7 Å². The third-order valence-corrected chi connectivity index (χ3v) is 4.80. The zero-order valence-electron chi connectivity index (χ0n) is 12.5. The average molecular weight is 280 g/mol. The normalized spacial score (nSPS) is 27.6. The quantitative estimate of drug-likeness (QED) is 0.768. The van der Waals surface area contributed by atoms with E-state index in [2.05, 4.69) is 45.1 Å². The molecule has 1 aliphatic rings. The van der Waals surface area contributed by atoms with Crippen molar-refractivity contribution in [3.8, 4) is 0 Å². The lowest BCUT2D eigenvalue weighted by Crippen LogP contribution is -2.37. The minimum absolute atomic E-state index is 0.559. The molecular weight excluding hydrogens is 254 g/mol. The molecule has 0 heterocycles. The summed E-state index contributed by atoms with van der Waals surface area (Å²) in [6.07, 6.45) is 3.95. The first-order valence-electron chi connectivity index (χ1n) is 7.50. The molecule has 0 spiro atoms. The molecule has 1 N–H and O–H groups in total. The molecule has 0 bridgehead atoms. The lowest BCUT2D eigenvalue weighted by Gasteiger charge is -2.38. The van der Waals surface area contributed by atoms with Crippen LogP contribution in [0.25, 0.3) is 0 Å². The Labute approximate surface area is 122 Å². The van der Waals surface area contributed by atoms with Gasteiger partial charge in [0, 0.05) is 6.04 Å². The topological polar surface area (TPSA) is 12.0 Å². The van der Waals surface area contributed by atoms with Crippen molar-refractivity contribution in [3.05, 3.63) is 28.8 Å². The van der Waals surface area contributed by atoms with Gasteiger partial charge in [-0.3, -0.25) is 0 Å². The van der Waals surface area contributed by atoms with Crippen molar-refractivity contribution in [3.63, 3.8) is 0 Å². The monoisotopic (exact) mass is 279 g/mol. The number of benzene rings is 1. The molecule has 1 aromatic carbocycles. The minimum atomic E-state index is 0.559. The molecular formula is C17H26ClN. The fourth-order valence-corrected chi connectivity index (χ4v) is 3.59. The minimum Gasteiger partial charge on any atom is -0.381 e. The summed E-state index contributed by atoms with van der Waals surface area (Å²) in [7, 11) is 0. The van der Waals surface area contributed by atoms with Crippen molar-refractivity contribution >= 4 is 17.3 Å². The highest BCUT2D eigenvalue weighted by Gasteiger charge is 2.30. The molecule has 0 radical (unpaired) electrons. The van der Waals surface area contributed by atoms with E-state index in [0.29, 0.717) is 6.04 Å². The maximum atomic E-state index is 6.35. The van der Waals surface area contributed by atoms with E-state index in [1.165, 1.54) is 24.8 Å². The summed E-state index contributed by atoms with van der Waals surface area (Å²) in [5.74, 6) is 2.31. The Balaban J connectivity index is 2.14. The van der Waals surface area contributed by atoms with Gasteiger partial charge >= 0.3 is 0 Å². The maximum Gasteiger partial charge on any atom is 0.0640 e. The summed E-state index contributed by atoms with van der Waals surface area (Å²) in [5.41, 5.74) is 2.31. The molecule has 1 aliphatic carbocycles. The number of nitrogens with one attached hydrogen (secondary N) is 1. The van der Waals surface area contributed by atoms with Crippen LogP contribution < -0.4 is 5.32 Å². The number of rotatable bonds is 3. The Morgan fingerprint density at radius 3 is 2.63 bits per heavy atom. The van der Waals surface area contributed by atoms with Crippen LogP contribution in [-0.2, 0) is 0 Å². The standard InChI is InChI=1S/C17H26ClN/c1-11(2)14-7-5-13(4)10-17(14)19-16-8-6-12(3)9-15(16)18/h6,8-9,11,13-14,17,19H,5,7,10H2,1-4H3. The summed E-state index contributed by atoms with van der Waals surface area (Å²) in [6, 6.07) is 6.85. The van der Waals surface area contributed by atoms with Crippen LogP contribution in [0.2, 0.25) is 5.02 Å². The van der Waals surface area contributed by atoms with Gasteiger partial charge in [-0.25, -0.2) is 0 Å². The highest BCUT2D eigenvalue weighted by Crippen LogP contribution is 2.36. The molecule has 1 aromatic rings. The Bertz CT molecular complexity index is 427. The Kier molecular flexibility index (Phi) is 4.78. The van der Waals surface area contributed by atoms with E-state index in [0.717, 1.165) is 28.5 Å². The summed E-state index contributed by atoms with van der Waals surface area (Å²) in [4.78, 5) is 0. The molecule has 0 amide bonds. The molecule has 3 unspecified atom stereocenters. The number of aryl methyl sites for hydroxylation is 1. The Morgan fingerprint density at radius 2 is 2.00 bits per heavy atom. The second-order valence-electron chi connectivity index (χ2n) is 6.56. The first-order chi connectivity index (χ1) is 8.97. The third-order valence-electron chi connectivity index (χ3n) is 4.49. The van der Waals surface area contributed by atoms with Gasteiger partial charge in [-0.1, -0.05) is 44.9 Å². The molecule has 1 saturated carbocycles. The van der Waals surface area contributed by atoms with Gasteiger partial charge < -0.3 is 5.32 Å². The van der Waals surface area contributed by atoms with E-state index < -0.39 is 0 Å². The van der Waals surface area contributed by atoms with Crippen molar-refractivity contribution in [2.45, 2.75) is 53.0 Å². The molecule has 106 valence electrons. The van der Waals surface area contributed by atoms with Crippen LogP contribution in [0.1, 0.15) is 45.6 Å². The van der Waals surface area contributed by atoms with Crippen molar-refractivity contribution < 1.29 is 0 Å². The van der Waals surface area contributed by atoms with E-state index in [1.807, 2.05) is 6.07 Å². The lowest BCUT2D eigenvalue weighted by molar-refractivity contribution is 0.212. The molecule has 0 aliphatic heterocycles. The molecule has 1 fully saturated rings. The van der Waals surface area contributed by atoms with Crippen LogP contribution in [0.15, 0.2) is 18.2 Å². The first kappa shape index (κ1) is 14.7. The van der Waals surface area contributed by atoms with Crippen molar-refractivity contribution in [1.82, 2.24) is 0 Å². The van der Waals surface area contributed by atoms with Gasteiger partial charge in [-0.2, -0.15) is 0 Å². The Hall–Kier alpha value is -0.690. The van der Waals surface area contributed by atoms with Crippen LogP contribution in [0.5, 0.6) is 0 Å². The average Bonchev–Trinajstić information content (AvgIpc) is 2.32. The molecule has 3 atom stereocenters. The van der Waals surface area contributed by atoms with E-state index in [-0.39, 0.29) is 0 Å². The fourth-order valence-electron chi connectivity index (χ4n) is 3.31. The summed E-state index contributed by atoms with van der Waals surface area (Å²) >= 11 is 6.35. The number of halogens is 1. The van der Waals surface area contributed by atoms with Crippen molar-refractivity contribution in [2.75, 3.05) is 5.32 Å². The molecule has 19 heavy (non-hydrogen) atoms. The number of anilines is 1. The van der Waals surface area contributed by atoms with Crippen molar-refractivity contribution in [2.24, 2.45) is 17.8 Å². The summed E-state index contributed by atoms with van der Waals surface area (Å²) in [5, 5.41) is 4.55. The molecule has 0 aromatic heterocycles. The largest absolute Gasteiger partial charge is 0.381 e. The van der Waals surface area contributed by atoms with Gasteiger partial charge in [0.15, 0.2) is 0 Å². The third kappa shape index (κ3) is 3.66. The second-order valence-corrected chi connectivity index (χ2v) is 6.97. The van der Waals surface area contributed by atoms with Gasteiger partial charge in [-0.15, -0.1) is 0 Å². The molecule has 1 nitrogen and oxygen atoms in total. The zero-order chi connectivity index (χ0) is 14.0. The SMILES string of the molecule is Cc1ccc(NC2CC(C)CCC2C(C)C)c(Cl)c1. The van der Waals surface area contributed by atoms with Crippen LogP contribution in [-0.4, -0.2) is 6.04 Å². The predicted octanol–water partition coefficient (Wildman–Crippen LogP) is 5.52. The lowest BCUT2D eigenvalue weighted by atomic mass is 9.74. The van der Waals surface area contributed by atoms with E-state index in [1.54, 1.807) is 0 Å². The second kappa shape index (κ2) is 6.17. The van der Waals surface area contributed by atoms with E-state index in [4.69, 9.17) is 11.6 Å². The predicted molar refractivity (Wildman–Crippen MR) is 84.9 cm³/mol.